The van der Waals surface area contributed by atoms with Gasteiger partial charge in [-0.2, -0.15) is 8.42 Å². The van der Waals surface area contributed by atoms with E-state index < -0.39 is 20.4 Å². The van der Waals surface area contributed by atoms with Crippen molar-refractivity contribution in [2.75, 3.05) is 0 Å². The van der Waals surface area contributed by atoms with E-state index >= 15 is 0 Å². The molecule has 0 amide bonds. The molecular formula is H5KO6S3. The summed E-state index contributed by atoms with van der Waals surface area (Å²) in [5.41, 5.74) is 0. The van der Waals surface area contributed by atoms with Crippen LogP contribution in [-0.2, 0) is 31.6 Å². The summed E-state index contributed by atoms with van der Waals surface area (Å²) in [7, 11) is -3.83. The molecule has 6 nitrogen and oxygen atoms in total. The summed E-state index contributed by atoms with van der Waals surface area (Å²) in [4.78, 5) is 0. The fraction of sp³-hybridized carbons (Fsp3) is 0. The van der Waals surface area contributed by atoms with Crippen molar-refractivity contribution in [2.24, 2.45) is 0 Å². The SMILES string of the molecule is O=S(O)(O)=S.O=S(O)O.[H-].[K+]. The van der Waals surface area contributed by atoms with Crippen LogP contribution in [0, 0.1) is 0 Å². The second kappa shape index (κ2) is 9.09. The summed E-state index contributed by atoms with van der Waals surface area (Å²) in [6.07, 6.45) is 0. The first kappa shape index (κ1) is 17.9. The molecule has 0 radical (unpaired) electrons. The van der Waals surface area contributed by atoms with Gasteiger partial charge in [0.1, 0.15) is 0 Å². The van der Waals surface area contributed by atoms with Gasteiger partial charge >= 0.3 is 51.4 Å². The van der Waals surface area contributed by atoms with E-state index in [0.29, 0.717) is 0 Å². The van der Waals surface area contributed by atoms with Gasteiger partial charge in [0.2, 0.25) is 0 Å². The Bertz CT molecular complexity index is 160. The fourth-order valence-electron chi connectivity index (χ4n) is 0. The van der Waals surface area contributed by atoms with Crippen LogP contribution in [0.1, 0.15) is 1.43 Å². The van der Waals surface area contributed by atoms with Crippen molar-refractivity contribution in [3.8, 4) is 0 Å². The number of hydrogen-bond donors (Lipinski definition) is 4. The standard InChI is InChI=1S/K.H2O3S2.H2O3S.H/c;1-5(2,3)4;1-4(2)3;/h;(H2,1,2,3,4);(H2,1,2,3);/q+1;;;-1. The molecule has 10 heavy (non-hydrogen) atoms. The van der Waals surface area contributed by atoms with Crippen molar-refractivity contribution in [3.63, 3.8) is 0 Å². The van der Waals surface area contributed by atoms with Crippen LogP contribution in [0.15, 0.2) is 0 Å². The third-order valence-corrected chi connectivity index (χ3v) is 0. The van der Waals surface area contributed by atoms with E-state index in [0.717, 1.165) is 0 Å². The molecular weight excluding hydrogens is 231 g/mol. The van der Waals surface area contributed by atoms with E-state index in [1.165, 1.54) is 0 Å². The minimum Gasteiger partial charge on any atom is -1.00 e. The zero-order valence-electron chi connectivity index (χ0n) is 5.83. The Balaban J connectivity index is -0.0000000383. The van der Waals surface area contributed by atoms with Gasteiger partial charge < -0.3 is 1.43 Å². The first-order chi connectivity index (χ1) is 3.73. The van der Waals surface area contributed by atoms with Gasteiger partial charge in [0.25, 0.3) is 20.4 Å². The average molecular weight is 236 g/mol. The van der Waals surface area contributed by atoms with Crippen LogP contribution >= 0.6 is 0 Å². The van der Waals surface area contributed by atoms with Crippen molar-refractivity contribution in [1.29, 1.82) is 0 Å². The zero-order chi connectivity index (χ0) is 8.08. The van der Waals surface area contributed by atoms with E-state index in [2.05, 4.69) is 11.2 Å². The van der Waals surface area contributed by atoms with Crippen LogP contribution in [0.2, 0.25) is 0 Å². The number of rotatable bonds is 0. The summed E-state index contributed by atoms with van der Waals surface area (Å²) in [6.45, 7) is 0. The maximum Gasteiger partial charge on any atom is 1.00 e. The minimum atomic E-state index is -3.83. The van der Waals surface area contributed by atoms with Gasteiger partial charge in [-0.1, -0.05) is 0 Å². The molecule has 0 saturated heterocycles. The molecule has 0 aliphatic rings. The summed E-state index contributed by atoms with van der Waals surface area (Å²) >= 11 is 0.854. The Morgan fingerprint density at radius 1 is 1.40 bits per heavy atom. The Morgan fingerprint density at radius 2 is 1.40 bits per heavy atom. The molecule has 0 aliphatic heterocycles. The second-order valence-electron chi connectivity index (χ2n) is 0.679. The van der Waals surface area contributed by atoms with Gasteiger partial charge in [0, 0.05) is 11.2 Å². The molecule has 10 heteroatoms. The molecule has 0 rings (SSSR count). The van der Waals surface area contributed by atoms with E-state index in [1.807, 2.05) is 0 Å². The molecule has 0 unspecified atom stereocenters. The molecule has 60 valence electrons. The van der Waals surface area contributed by atoms with E-state index in [-0.39, 0.29) is 52.8 Å². The smallest absolute Gasteiger partial charge is 1.00 e. The average Bonchev–Trinajstić information content (AvgIpc) is 1.19. The quantitative estimate of drug-likeness (QED) is 0.254. The Morgan fingerprint density at radius 3 is 1.40 bits per heavy atom. The normalized spacial score (nSPS) is 9.30. The monoisotopic (exact) mass is 236 g/mol. The van der Waals surface area contributed by atoms with E-state index in [1.54, 1.807) is 0 Å². The van der Waals surface area contributed by atoms with Crippen LogP contribution in [0.5, 0.6) is 0 Å². The van der Waals surface area contributed by atoms with Gasteiger partial charge in [0.15, 0.2) is 0 Å². The summed E-state index contributed by atoms with van der Waals surface area (Å²) in [5.74, 6) is 0. The van der Waals surface area contributed by atoms with Crippen LogP contribution in [-0.4, -0.2) is 26.6 Å². The molecule has 0 aromatic heterocycles. The topological polar surface area (TPSA) is 115 Å². The molecule has 0 aromatic rings. The molecule has 0 aromatic carbocycles. The van der Waals surface area contributed by atoms with Crippen LogP contribution in [0.3, 0.4) is 0 Å². The first-order valence-electron chi connectivity index (χ1n) is 1.23. The second-order valence-corrected chi connectivity index (χ2v) is 3.34. The van der Waals surface area contributed by atoms with Crippen LogP contribution < -0.4 is 51.4 Å². The van der Waals surface area contributed by atoms with Gasteiger partial charge in [-0.05, 0) is 0 Å². The van der Waals surface area contributed by atoms with Gasteiger partial charge in [-0.25, -0.2) is 0 Å². The summed E-state index contributed by atoms with van der Waals surface area (Å²) in [5, 5.41) is 0. The maximum absolute atomic E-state index is 9.11. The van der Waals surface area contributed by atoms with Crippen molar-refractivity contribution in [2.45, 2.75) is 0 Å². The predicted molar refractivity (Wildman–Crippen MR) is 35.3 cm³/mol. The number of hydrogen-bond acceptors (Lipinski definition) is 3. The third-order valence-electron chi connectivity index (χ3n) is 0. The molecule has 0 saturated carbocycles. The van der Waals surface area contributed by atoms with Crippen molar-refractivity contribution in [1.82, 2.24) is 0 Å². The van der Waals surface area contributed by atoms with Crippen molar-refractivity contribution in [3.05, 3.63) is 0 Å². The van der Waals surface area contributed by atoms with Gasteiger partial charge in [-0.15, -0.1) is 0 Å². The Hall–Kier alpha value is 2.00. The molecule has 0 heterocycles. The Kier molecular flexibility index (Phi) is 16.3. The predicted octanol–water partition coefficient (Wildman–Crippen LogP) is -3.52. The summed E-state index contributed by atoms with van der Waals surface area (Å²) < 4.78 is 46.8. The van der Waals surface area contributed by atoms with E-state index in [4.69, 9.17) is 26.6 Å². The van der Waals surface area contributed by atoms with Crippen LogP contribution in [0.4, 0.5) is 0 Å². The first-order valence-corrected chi connectivity index (χ1v) is 4.69. The maximum atomic E-state index is 9.11. The molecule has 0 bridgehead atoms. The Labute approximate surface area is 109 Å². The molecule has 0 aliphatic carbocycles. The van der Waals surface area contributed by atoms with Crippen LogP contribution in [0.25, 0.3) is 0 Å². The molecule has 0 atom stereocenters. The third kappa shape index (κ3) is 203. The van der Waals surface area contributed by atoms with Crippen molar-refractivity contribution >= 4 is 31.6 Å². The molecule has 0 fully saturated rings. The van der Waals surface area contributed by atoms with E-state index in [9.17, 15) is 0 Å². The largest absolute Gasteiger partial charge is 1.00 e. The molecule has 0 spiro atoms. The van der Waals surface area contributed by atoms with Gasteiger partial charge in [-0.3, -0.25) is 18.2 Å². The minimum absolute atomic E-state index is 0. The fourth-order valence-corrected chi connectivity index (χ4v) is 0. The molecule has 4 N–H and O–H groups in total. The van der Waals surface area contributed by atoms with Gasteiger partial charge in [0.05, 0.1) is 0 Å². The summed E-state index contributed by atoms with van der Waals surface area (Å²) in [6, 6.07) is 0. The zero-order valence-corrected chi connectivity index (χ0v) is 10.4. The van der Waals surface area contributed by atoms with Crippen molar-refractivity contribution < 1.29 is 79.4 Å².